The minimum absolute atomic E-state index is 0.161. The minimum Gasteiger partial charge on any atom is -0.423 e. The van der Waals surface area contributed by atoms with Gasteiger partial charge in [-0.2, -0.15) is 4.68 Å². The SMILES string of the molecule is Fc1cc(Br)cc(Oc2nnnn2-c2ccccc2)c1. The van der Waals surface area contributed by atoms with E-state index in [1.165, 1.54) is 16.8 Å². The molecule has 3 aromatic rings. The Morgan fingerprint density at radius 1 is 1.10 bits per heavy atom. The molecule has 0 spiro atoms. The molecule has 1 aromatic heterocycles. The molecular weight excluding hydrogens is 327 g/mol. The molecule has 0 saturated heterocycles. The summed E-state index contributed by atoms with van der Waals surface area (Å²) in [6.45, 7) is 0. The molecule has 0 saturated carbocycles. The van der Waals surface area contributed by atoms with E-state index >= 15 is 0 Å². The Morgan fingerprint density at radius 2 is 1.90 bits per heavy atom. The van der Waals surface area contributed by atoms with E-state index < -0.39 is 5.82 Å². The van der Waals surface area contributed by atoms with Crippen LogP contribution in [0.3, 0.4) is 0 Å². The topological polar surface area (TPSA) is 52.8 Å². The summed E-state index contributed by atoms with van der Waals surface area (Å²) in [6.07, 6.45) is 0. The largest absolute Gasteiger partial charge is 0.423 e. The standard InChI is InChI=1S/C13H8BrFN4O/c14-9-6-10(15)8-12(7-9)20-13-16-17-18-19(13)11-4-2-1-3-5-11/h1-8H. The predicted octanol–water partition coefficient (Wildman–Crippen LogP) is 3.36. The van der Waals surface area contributed by atoms with Crippen LogP contribution in [-0.2, 0) is 0 Å². The summed E-state index contributed by atoms with van der Waals surface area (Å²) in [6, 6.07) is 13.7. The number of hydrogen-bond donors (Lipinski definition) is 0. The molecule has 7 heteroatoms. The van der Waals surface area contributed by atoms with Crippen molar-refractivity contribution in [3.05, 3.63) is 58.8 Å². The van der Waals surface area contributed by atoms with Crippen molar-refractivity contribution in [2.24, 2.45) is 0 Å². The molecule has 0 fully saturated rings. The van der Waals surface area contributed by atoms with Crippen LogP contribution in [0.5, 0.6) is 11.8 Å². The van der Waals surface area contributed by atoms with Crippen molar-refractivity contribution in [3.8, 4) is 17.4 Å². The fraction of sp³-hybridized carbons (Fsp3) is 0. The van der Waals surface area contributed by atoms with Gasteiger partial charge in [-0.1, -0.05) is 39.2 Å². The zero-order chi connectivity index (χ0) is 13.9. The third-order valence-electron chi connectivity index (χ3n) is 2.49. The summed E-state index contributed by atoms with van der Waals surface area (Å²) < 4.78 is 20.8. The van der Waals surface area contributed by atoms with Crippen molar-refractivity contribution in [3.63, 3.8) is 0 Å². The zero-order valence-electron chi connectivity index (χ0n) is 10.1. The van der Waals surface area contributed by atoms with E-state index in [-0.39, 0.29) is 6.01 Å². The first-order chi connectivity index (χ1) is 9.72. The van der Waals surface area contributed by atoms with Gasteiger partial charge in [-0.3, -0.25) is 0 Å². The molecule has 0 N–H and O–H groups in total. The molecule has 3 rings (SSSR count). The molecule has 20 heavy (non-hydrogen) atoms. The molecule has 1 heterocycles. The van der Waals surface area contributed by atoms with E-state index in [0.29, 0.717) is 10.2 Å². The number of halogens is 2. The Labute approximate surface area is 122 Å². The van der Waals surface area contributed by atoms with Crippen LogP contribution < -0.4 is 4.74 Å². The highest BCUT2D eigenvalue weighted by Gasteiger charge is 2.11. The molecule has 0 atom stereocenters. The van der Waals surface area contributed by atoms with Gasteiger partial charge in [0.2, 0.25) is 0 Å². The van der Waals surface area contributed by atoms with Gasteiger partial charge in [-0.25, -0.2) is 4.39 Å². The van der Waals surface area contributed by atoms with Crippen LogP contribution >= 0.6 is 15.9 Å². The van der Waals surface area contributed by atoms with E-state index in [1.54, 1.807) is 6.07 Å². The number of rotatable bonds is 3. The van der Waals surface area contributed by atoms with Crippen LogP contribution in [0.4, 0.5) is 4.39 Å². The number of aromatic nitrogens is 4. The summed E-state index contributed by atoms with van der Waals surface area (Å²) in [7, 11) is 0. The average Bonchev–Trinajstić information content (AvgIpc) is 2.86. The van der Waals surface area contributed by atoms with E-state index in [9.17, 15) is 4.39 Å². The van der Waals surface area contributed by atoms with E-state index in [4.69, 9.17) is 4.74 Å². The summed E-state index contributed by atoms with van der Waals surface area (Å²) in [5.41, 5.74) is 0.753. The third-order valence-corrected chi connectivity index (χ3v) is 2.94. The molecule has 0 aliphatic rings. The lowest BCUT2D eigenvalue weighted by Gasteiger charge is -2.06. The van der Waals surface area contributed by atoms with Crippen molar-refractivity contribution in [1.82, 2.24) is 20.2 Å². The lowest BCUT2D eigenvalue weighted by molar-refractivity contribution is 0.423. The average molecular weight is 335 g/mol. The van der Waals surface area contributed by atoms with Crippen LogP contribution in [-0.4, -0.2) is 20.2 Å². The molecular formula is C13H8BrFN4O. The number of tetrazole rings is 1. The lowest BCUT2D eigenvalue weighted by atomic mass is 10.3. The zero-order valence-corrected chi connectivity index (χ0v) is 11.7. The summed E-state index contributed by atoms with van der Waals surface area (Å²) in [5, 5.41) is 11.2. The number of nitrogens with zero attached hydrogens (tertiary/aromatic N) is 4. The van der Waals surface area contributed by atoms with Gasteiger partial charge in [0, 0.05) is 10.5 Å². The lowest BCUT2D eigenvalue weighted by Crippen LogP contribution is -2.00. The highest BCUT2D eigenvalue weighted by molar-refractivity contribution is 9.10. The van der Waals surface area contributed by atoms with Crippen LogP contribution in [0.15, 0.2) is 53.0 Å². The van der Waals surface area contributed by atoms with E-state index in [1.807, 2.05) is 30.3 Å². The monoisotopic (exact) mass is 334 g/mol. The Bertz CT molecular complexity index is 712. The van der Waals surface area contributed by atoms with Crippen LogP contribution in [0.1, 0.15) is 0 Å². The van der Waals surface area contributed by atoms with E-state index in [2.05, 4.69) is 31.5 Å². The van der Waals surface area contributed by atoms with Crippen molar-refractivity contribution < 1.29 is 9.13 Å². The second-order valence-electron chi connectivity index (χ2n) is 3.92. The maximum atomic E-state index is 13.3. The molecule has 2 aromatic carbocycles. The van der Waals surface area contributed by atoms with Gasteiger partial charge in [-0.05, 0) is 34.7 Å². The molecule has 5 nitrogen and oxygen atoms in total. The molecule has 0 amide bonds. The van der Waals surface area contributed by atoms with Crippen molar-refractivity contribution >= 4 is 15.9 Å². The van der Waals surface area contributed by atoms with Crippen LogP contribution in [0, 0.1) is 5.82 Å². The normalized spacial score (nSPS) is 10.5. The highest BCUT2D eigenvalue weighted by Crippen LogP contribution is 2.25. The second kappa shape index (κ2) is 5.38. The number of benzene rings is 2. The second-order valence-corrected chi connectivity index (χ2v) is 4.83. The van der Waals surface area contributed by atoms with E-state index in [0.717, 1.165) is 5.69 Å². The first kappa shape index (κ1) is 12.7. The Morgan fingerprint density at radius 3 is 2.65 bits per heavy atom. The number of para-hydroxylation sites is 1. The number of ether oxygens (including phenoxy) is 1. The summed E-state index contributed by atoms with van der Waals surface area (Å²) in [4.78, 5) is 0. The molecule has 0 unspecified atom stereocenters. The van der Waals surface area contributed by atoms with Gasteiger partial charge >= 0.3 is 6.01 Å². The van der Waals surface area contributed by atoms with Gasteiger partial charge in [0.15, 0.2) is 0 Å². The molecule has 0 aliphatic carbocycles. The minimum atomic E-state index is -0.409. The van der Waals surface area contributed by atoms with Crippen molar-refractivity contribution in [2.45, 2.75) is 0 Å². The summed E-state index contributed by atoms with van der Waals surface area (Å²) >= 11 is 3.20. The maximum Gasteiger partial charge on any atom is 0.345 e. The molecule has 100 valence electrons. The van der Waals surface area contributed by atoms with Gasteiger partial charge in [-0.15, -0.1) is 0 Å². The number of hydrogen-bond acceptors (Lipinski definition) is 4. The first-order valence-corrected chi connectivity index (χ1v) is 6.49. The smallest absolute Gasteiger partial charge is 0.345 e. The van der Waals surface area contributed by atoms with Crippen molar-refractivity contribution in [2.75, 3.05) is 0 Å². The van der Waals surface area contributed by atoms with Crippen LogP contribution in [0.2, 0.25) is 0 Å². The fourth-order valence-corrected chi connectivity index (χ4v) is 2.11. The Kier molecular flexibility index (Phi) is 3.42. The molecule has 0 bridgehead atoms. The Hall–Kier alpha value is -2.28. The van der Waals surface area contributed by atoms with Gasteiger partial charge in [0.1, 0.15) is 11.6 Å². The fourth-order valence-electron chi connectivity index (χ4n) is 1.67. The predicted molar refractivity (Wildman–Crippen MR) is 73.3 cm³/mol. The van der Waals surface area contributed by atoms with Gasteiger partial charge < -0.3 is 4.74 Å². The summed E-state index contributed by atoms with van der Waals surface area (Å²) in [5.74, 6) is -0.100. The quantitative estimate of drug-likeness (QED) is 0.737. The van der Waals surface area contributed by atoms with Crippen LogP contribution in [0.25, 0.3) is 5.69 Å². The molecule has 0 aliphatic heterocycles. The highest BCUT2D eigenvalue weighted by atomic mass is 79.9. The molecule has 0 radical (unpaired) electrons. The maximum absolute atomic E-state index is 13.3. The first-order valence-electron chi connectivity index (χ1n) is 5.70. The third kappa shape index (κ3) is 2.67. The van der Waals surface area contributed by atoms with Crippen molar-refractivity contribution in [1.29, 1.82) is 0 Å². The van der Waals surface area contributed by atoms with Gasteiger partial charge in [0.25, 0.3) is 0 Å². The van der Waals surface area contributed by atoms with Gasteiger partial charge in [0.05, 0.1) is 5.69 Å². The Balaban J connectivity index is 1.94.